The highest BCUT2D eigenvalue weighted by atomic mass is 79.9. The van der Waals surface area contributed by atoms with Gasteiger partial charge in [0.15, 0.2) is 0 Å². The van der Waals surface area contributed by atoms with Gasteiger partial charge in [-0.15, -0.1) is 0 Å². The van der Waals surface area contributed by atoms with E-state index in [0.29, 0.717) is 13.0 Å². The molecule has 0 amide bonds. The summed E-state index contributed by atoms with van der Waals surface area (Å²) in [5, 5.41) is 0. The number of hydrogen-bond donors (Lipinski definition) is 0. The fourth-order valence-corrected chi connectivity index (χ4v) is 2.57. The number of methoxy groups -OCH3 is 1. The smallest absolute Gasteiger partial charge is 0.296 e. The van der Waals surface area contributed by atoms with E-state index in [1.165, 1.54) is 12.1 Å². The third-order valence-corrected chi connectivity index (χ3v) is 4.19. The Labute approximate surface area is 117 Å². The summed E-state index contributed by atoms with van der Waals surface area (Å²) < 4.78 is 34.2. The molecule has 0 unspecified atom stereocenters. The first-order valence-electron chi connectivity index (χ1n) is 5.70. The molecule has 0 aliphatic heterocycles. The number of ether oxygens (including phenoxy) is 1. The third kappa shape index (κ3) is 5.48. The van der Waals surface area contributed by atoms with Crippen molar-refractivity contribution in [2.24, 2.45) is 0 Å². The molecule has 0 aliphatic rings. The number of rotatable bonds is 8. The lowest BCUT2D eigenvalue weighted by atomic mass is 10.2. The van der Waals surface area contributed by atoms with Crippen LogP contribution in [-0.4, -0.2) is 28.7 Å². The summed E-state index contributed by atoms with van der Waals surface area (Å²) >= 11 is 3.25. The van der Waals surface area contributed by atoms with E-state index in [0.717, 1.165) is 17.3 Å². The SMILES string of the molecule is COCCCCCOS(=O)(=O)c1ccc(Br)cc1. The molecular weight excluding hydrogens is 320 g/mol. The normalized spacial score (nSPS) is 11.7. The Morgan fingerprint density at radius 1 is 1.06 bits per heavy atom. The Bertz CT molecular complexity index is 442. The standard InChI is InChI=1S/C12H17BrO4S/c1-16-9-3-2-4-10-17-18(14,15)12-7-5-11(13)6-8-12/h5-8H,2-4,9-10H2,1H3. The highest BCUT2D eigenvalue weighted by Crippen LogP contribution is 2.16. The summed E-state index contributed by atoms with van der Waals surface area (Å²) in [5.74, 6) is 0. The van der Waals surface area contributed by atoms with Crippen molar-refractivity contribution < 1.29 is 17.3 Å². The Morgan fingerprint density at radius 3 is 2.28 bits per heavy atom. The highest BCUT2D eigenvalue weighted by Gasteiger charge is 2.14. The maximum absolute atomic E-state index is 11.8. The molecular formula is C12H17BrO4S. The molecule has 0 fully saturated rings. The van der Waals surface area contributed by atoms with Crippen LogP contribution in [0.2, 0.25) is 0 Å². The van der Waals surface area contributed by atoms with Crippen molar-refractivity contribution in [1.82, 2.24) is 0 Å². The second-order valence-corrected chi connectivity index (χ2v) is 6.31. The van der Waals surface area contributed by atoms with Gasteiger partial charge in [0, 0.05) is 18.2 Å². The van der Waals surface area contributed by atoms with E-state index < -0.39 is 10.1 Å². The van der Waals surface area contributed by atoms with Crippen LogP contribution in [-0.2, 0) is 19.0 Å². The van der Waals surface area contributed by atoms with Gasteiger partial charge in [0.1, 0.15) is 0 Å². The van der Waals surface area contributed by atoms with E-state index in [2.05, 4.69) is 15.9 Å². The van der Waals surface area contributed by atoms with Crippen LogP contribution in [0.4, 0.5) is 0 Å². The van der Waals surface area contributed by atoms with Gasteiger partial charge in [-0.1, -0.05) is 15.9 Å². The minimum Gasteiger partial charge on any atom is -0.385 e. The zero-order valence-electron chi connectivity index (χ0n) is 10.3. The van der Waals surface area contributed by atoms with Gasteiger partial charge >= 0.3 is 0 Å². The largest absolute Gasteiger partial charge is 0.385 e. The second-order valence-electron chi connectivity index (χ2n) is 3.78. The van der Waals surface area contributed by atoms with Crippen molar-refractivity contribution in [3.63, 3.8) is 0 Å². The monoisotopic (exact) mass is 336 g/mol. The zero-order valence-corrected chi connectivity index (χ0v) is 12.7. The molecule has 102 valence electrons. The van der Waals surface area contributed by atoms with Gasteiger partial charge in [0.2, 0.25) is 0 Å². The molecule has 0 radical (unpaired) electrons. The van der Waals surface area contributed by atoms with Gasteiger partial charge in [-0.05, 0) is 43.5 Å². The average Bonchev–Trinajstić information content (AvgIpc) is 2.34. The molecule has 1 aromatic rings. The molecule has 0 atom stereocenters. The van der Waals surface area contributed by atoms with Crippen LogP contribution < -0.4 is 0 Å². The van der Waals surface area contributed by atoms with Crippen molar-refractivity contribution in [2.75, 3.05) is 20.3 Å². The molecule has 0 aliphatic carbocycles. The van der Waals surface area contributed by atoms with Crippen LogP contribution >= 0.6 is 15.9 Å². The summed E-state index contributed by atoms with van der Waals surface area (Å²) in [4.78, 5) is 0.183. The molecule has 0 N–H and O–H groups in total. The van der Waals surface area contributed by atoms with E-state index in [9.17, 15) is 8.42 Å². The quantitative estimate of drug-likeness (QED) is 0.541. The predicted molar refractivity (Wildman–Crippen MR) is 73.0 cm³/mol. The molecule has 4 nitrogen and oxygen atoms in total. The predicted octanol–water partition coefficient (Wildman–Crippen LogP) is 2.97. The molecule has 0 spiro atoms. The molecule has 0 heterocycles. The van der Waals surface area contributed by atoms with Crippen LogP contribution in [0, 0.1) is 0 Å². The van der Waals surface area contributed by atoms with Crippen LogP contribution in [0.25, 0.3) is 0 Å². The average molecular weight is 337 g/mol. The maximum Gasteiger partial charge on any atom is 0.296 e. The van der Waals surface area contributed by atoms with Crippen molar-refractivity contribution in [2.45, 2.75) is 24.2 Å². The maximum atomic E-state index is 11.8. The lowest BCUT2D eigenvalue weighted by molar-refractivity contribution is 0.189. The van der Waals surface area contributed by atoms with Gasteiger partial charge in [-0.25, -0.2) is 0 Å². The van der Waals surface area contributed by atoms with Gasteiger partial charge in [0.25, 0.3) is 10.1 Å². The Kier molecular flexibility index (Phi) is 6.85. The number of unbranched alkanes of at least 4 members (excludes halogenated alkanes) is 2. The van der Waals surface area contributed by atoms with Crippen molar-refractivity contribution in [3.05, 3.63) is 28.7 Å². The van der Waals surface area contributed by atoms with Crippen LogP contribution in [0.1, 0.15) is 19.3 Å². The highest BCUT2D eigenvalue weighted by molar-refractivity contribution is 9.10. The van der Waals surface area contributed by atoms with Gasteiger partial charge in [-0.3, -0.25) is 4.18 Å². The topological polar surface area (TPSA) is 52.6 Å². The van der Waals surface area contributed by atoms with E-state index >= 15 is 0 Å². The lowest BCUT2D eigenvalue weighted by Gasteiger charge is -2.05. The molecule has 0 saturated heterocycles. The van der Waals surface area contributed by atoms with Gasteiger partial charge in [-0.2, -0.15) is 8.42 Å². The summed E-state index contributed by atoms with van der Waals surface area (Å²) in [7, 11) is -1.97. The lowest BCUT2D eigenvalue weighted by Crippen LogP contribution is -2.07. The first-order valence-corrected chi connectivity index (χ1v) is 7.90. The number of benzene rings is 1. The summed E-state index contributed by atoms with van der Waals surface area (Å²) in [6.07, 6.45) is 2.51. The zero-order chi connectivity index (χ0) is 13.4. The van der Waals surface area contributed by atoms with Crippen LogP contribution in [0.15, 0.2) is 33.6 Å². The Morgan fingerprint density at radius 2 is 1.67 bits per heavy atom. The summed E-state index contributed by atoms with van der Waals surface area (Å²) in [6.45, 7) is 0.904. The fourth-order valence-electron chi connectivity index (χ4n) is 1.36. The molecule has 0 saturated carbocycles. The van der Waals surface area contributed by atoms with E-state index in [1.54, 1.807) is 19.2 Å². The first kappa shape index (κ1) is 15.6. The number of halogens is 1. The van der Waals surface area contributed by atoms with Gasteiger partial charge < -0.3 is 4.74 Å². The number of hydrogen-bond acceptors (Lipinski definition) is 4. The minimum atomic E-state index is -3.62. The molecule has 1 aromatic carbocycles. The molecule has 1 rings (SSSR count). The minimum absolute atomic E-state index is 0.183. The van der Waals surface area contributed by atoms with Crippen molar-refractivity contribution >= 4 is 26.0 Å². The third-order valence-electron chi connectivity index (χ3n) is 2.33. The summed E-state index contributed by atoms with van der Waals surface area (Å²) in [6, 6.07) is 6.39. The molecule has 0 bridgehead atoms. The second kappa shape index (κ2) is 7.89. The Hall–Kier alpha value is -0.430. The first-order chi connectivity index (χ1) is 8.56. The van der Waals surface area contributed by atoms with Crippen LogP contribution in [0.5, 0.6) is 0 Å². The van der Waals surface area contributed by atoms with E-state index in [4.69, 9.17) is 8.92 Å². The van der Waals surface area contributed by atoms with Crippen LogP contribution in [0.3, 0.4) is 0 Å². The fraction of sp³-hybridized carbons (Fsp3) is 0.500. The van der Waals surface area contributed by atoms with E-state index in [-0.39, 0.29) is 11.5 Å². The van der Waals surface area contributed by atoms with E-state index in [1.807, 2.05) is 0 Å². The molecule has 6 heteroatoms. The van der Waals surface area contributed by atoms with Crippen molar-refractivity contribution in [1.29, 1.82) is 0 Å². The van der Waals surface area contributed by atoms with Crippen molar-refractivity contribution in [3.8, 4) is 0 Å². The summed E-state index contributed by atoms with van der Waals surface area (Å²) in [5.41, 5.74) is 0. The molecule has 0 aromatic heterocycles. The molecule has 18 heavy (non-hydrogen) atoms. The Balaban J connectivity index is 2.38. The van der Waals surface area contributed by atoms with Gasteiger partial charge in [0.05, 0.1) is 11.5 Å².